The summed E-state index contributed by atoms with van der Waals surface area (Å²) in [6.45, 7) is 3.85. The summed E-state index contributed by atoms with van der Waals surface area (Å²) in [4.78, 5) is 12.9. The van der Waals surface area contributed by atoms with Gasteiger partial charge in [0, 0.05) is 21.2 Å². The van der Waals surface area contributed by atoms with Crippen molar-refractivity contribution in [1.82, 2.24) is 19.4 Å². The Balaban J connectivity index is 1.86. The molecule has 4 aromatic rings. The minimum absolute atomic E-state index is 0.00868. The second-order valence-corrected chi connectivity index (χ2v) is 8.56. The normalized spacial score (nSPS) is 12.6. The summed E-state index contributed by atoms with van der Waals surface area (Å²) in [6, 6.07) is 14.7. The van der Waals surface area contributed by atoms with Gasteiger partial charge in [0.05, 0.1) is 31.6 Å². The Bertz CT molecular complexity index is 1280. The van der Waals surface area contributed by atoms with Gasteiger partial charge in [0.25, 0.3) is 0 Å². The summed E-state index contributed by atoms with van der Waals surface area (Å²) >= 11 is 12.1. The number of fused-ring (bicyclic) bond motifs is 1. The number of ether oxygens (including phenoxy) is 1. The maximum absolute atomic E-state index is 12.9. The second-order valence-electron chi connectivity index (χ2n) is 7.68. The van der Waals surface area contributed by atoms with Crippen LogP contribution in [0.1, 0.15) is 13.8 Å². The predicted octanol–water partition coefficient (Wildman–Crippen LogP) is 4.32. The van der Waals surface area contributed by atoms with Crippen LogP contribution in [0.3, 0.4) is 0 Å². The molecule has 1 unspecified atom stereocenters. The first-order chi connectivity index (χ1) is 15.3. The molecule has 0 spiro atoms. The summed E-state index contributed by atoms with van der Waals surface area (Å²) in [5.74, 6) is 0. The molecular formula is C23H22Cl2N4O3. The van der Waals surface area contributed by atoms with E-state index in [0.717, 1.165) is 22.3 Å². The highest BCUT2D eigenvalue weighted by molar-refractivity contribution is 6.31. The molecule has 9 heteroatoms. The quantitative estimate of drug-likeness (QED) is 0.433. The van der Waals surface area contributed by atoms with Gasteiger partial charge in [-0.2, -0.15) is 9.61 Å². The summed E-state index contributed by atoms with van der Waals surface area (Å²) < 4.78 is 7.89. The first kappa shape index (κ1) is 22.5. The van der Waals surface area contributed by atoms with E-state index >= 15 is 0 Å². The zero-order chi connectivity index (χ0) is 22.8. The molecule has 32 heavy (non-hydrogen) atoms. The van der Waals surface area contributed by atoms with E-state index in [-0.39, 0.29) is 19.3 Å². The van der Waals surface area contributed by atoms with Gasteiger partial charge in [0.15, 0.2) is 5.65 Å². The summed E-state index contributed by atoms with van der Waals surface area (Å²) in [6.07, 6.45) is 0.726. The van der Waals surface area contributed by atoms with Crippen LogP contribution in [0.25, 0.3) is 27.9 Å². The Morgan fingerprint density at radius 3 is 2.19 bits per heavy atom. The highest BCUT2D eigenvalue weighted by Gasteiger charge is 2.20. The highest BCUT2D eigenvalue weighted by atomic mass is 35.5. The van der Waals surface area contributed by atoms with Gasteiger partial charge < -0.3 is 9.84 Å². The van der Waals surface area contributed by atoms with Gasteiger partial charge in [-0.3, -0.25) is 0 Å². The number of benzene rings is 2. The third-order valence-electron chi connectivity index (χ3n) is 4.91. The molecule has 0 aliphatic carbocycles. The highest BCUT2D eigenvalue weighted by Crippen LogP contribution is 2.34. The number of hydrogen-bond acceptors (Lipinski definition) is 5. The van der Waals surface area contributed by atoms with Crippen molar-refractivity contribution >= 4 is 28.8 Å². The molecule has 0 fully saturated rings. The van der Waals surface area contributed by atoms with Gasteiger partial charge in [-0.1, -0.05) is 47.5 Å². The van der Waals surface area contributed by atoms with Gasteiger partial charge in [0.1, 0.15) is 0 Å². The SMILES string of the molecule is CC(C)OCC(O)Cn1nc2c(-c3ccc(Cl)cc3)c(-c3ccc(Cl)cc3)cnn2c1=O. The average molecular weight is 473 g/mol. The van der Waals surface area contributed by atoms with E-state index in [9.17, 15) is 9.90 Å². The first-order valence-electron chi connectivity index (χ1n) is 10.1. The fourth-order valence-electron chi connectivity index (χ4n) is 3.38. The van der Waals surface area contributed by atoms with E-state index in [2.05, 4.69) is 10.2 Å². The molecule has 2 aromatic carbocycles. The van der Waals surface area contributed by atoms with Crippen LogP contribution in [-0.4, -0.2) is 43.3 Å². The number of hydrogen-bond donors (Lipinski definition) is 1. The average Bonchev–Trinajstić information content (AvgIpc) is 3.08. The monoisotopic (exact) mass is 472 g/mol. The van der Waals surface area contributed by atoms with Crippen molar-refractivity contribution in [3.63, 3.8) is 0 Å². The maximum Gasteiger partial charge on any atom is 0.367 e. The van der Waals surface area contributed by atoms with Gasteiger partial charge in [-0.15, -0.1) is 5.10 Å². The third-order valence-corrected chi connectivity index (χ3v) is 5.41. The van der Waals surface area contributed by atoms with Crippen molar-refractivity contribution in [2.24, 2.45) is 0 Å². The third kappa shape index (κ3) is 4.71. The molecule has 1 N–H and O–H groups in total. The molecule has 0 aliphatic heterocycles. The molecule has 2 heterocycles. The maximum atomic E-state index is 12.9. The number of rotatable bonds is 7. The number of aliphatic hydroxyl groups excluding tert-OH is 1. The zero-order valence-corrected chi connectivity index (χ0v) is 19.1. The molecule has 0 aliphatic rings. The Kier molecular flexibility index (Phi) is 6.62. The van der Waals surface area contributed by atoms with Gasteiger partial charge in [-0.05, 0) is 49.2 Å². The van der Waals surface area contributed by atoms with Crippen LogP contribution in [0, 0.1) is 0 Å². The Morgan fingerprint density at radius 2 is 1.59 bits per heavy atom. The number of halogens is 2. The Morgan fingerprint density at radius 1 is 1.00 bits per heavy atom. The van der Waals surface area contributed by atoms with Crippen LogP contribution in [0.15, 0.2) is 59.5 Å². The molecule has 0 bridgehead atoms. The lowest BCUT2D eigenvalue weighted by Crippen LogP contribution is -2.31. The molecule has 7 nitrogen and oxygen atoms in total. The van der Waals surface area contributed by atoms with Gasteiger partial charge in [0.2, 0.25) is 0 Å². The second kappa shape index (κ2) is 9.42. The van der Waals surface area contributed by atoms with E-state index in [0.29, 0.717) is 15.7 Å². The summed E-state index contributed by atoms with van der Waals surface area (Å²) in [5.41, 5.74) is 3.15. The molecule has 0 amide bonds. The van der Waals surface area contributed by atoms with Crippen molar-refractivity contribution in [3.05, 3.63) is 75.3 Å². The lowest BCUT2D eigenvalue weighted by Gasteiger charge is -2.12. The minimum atomic E-state index is -0.880. The predicted molar refractivity (Wildman–Crippen MR) is 125 cm³/mol. The van der Waals surface area contributed by atoms with Gasteiger partial charge >= 0.3 is 5.69 Å². The lowest BCUT2D eigenvalue weighted by molar-refractivity contribution is -0.00242. The van der Waals surface area contributed by atoms with E-state index in [1.165, 1.54) is 9.20 Å². The molecule has 1 atom stereocenters. The lowest BCUT2D eigenvalue weighted by atomic mass is 9.97. The van der Waals surface area contributed by atoms with E-state index in [4.69, 9.17) is 27.9 Å². The minimum Gasteiger partial charge on any atom is -0.389 e. The molecule has 4 rings (SSSR count). The van der Waals surface area contributed by atoms with Crippen LogP contribution >= 0.6 is 23.2 Å². The van der Waals surface area contributed by atoms with Crippen molar-refractivity contribution in [2.75, 3.05) is 6.61 Å². The molecule has 0 saturated heterocycles. The van der Waals surface area contributed by atoms with Gasteiger partial charge in [-0.25, -0.2) is 9.48 Å². The first-order valence-corrected chi connectivity index (χ1v) is 10.9. The molecule has 0 saturated carbocycles. The Hall–Kier alpha value is -2.71. The van der Waals surface area contributed by atoms with Crippen LogP contribution in [0.4, 0.5) is 0 Å². The van der Waals surface area contributed by atoms with Crippen LogP contribution < -0.4 is 5.69 Å². The summed E-state index contributed by atoms with van der Waals surface area (Å²) in [7, 11) is 0. The molecular weight excluding hydrogens is 451 g/mol. The van der Waals surface area contributed by atoms with Crippen molar-refractivity contribution in [1.29, 1.82) is 0 Å². The molecule has 2 aromatic heterocycles. The fourth-order valence-corrected chi connectivity index (χ4v) is 3.64. The van der Waals surface area contributed by atoms with E-state index < -0.39 is 11.8 Å². The Labute approximate surface area is 194 Å². The van der Waals surface area contributed by atoms with E-state index in [1.807, 2.05) is 38.1 Å². The van der Waals surface area contributed by atoms with Crippen LogP contribution in [-0.2, 0) is 11.3 Å². The van der Waals surface area contributed by atoms with Crippen molar-refractivity contribution in [2.45, 2.75) is 32.6 Å². The van der Waals surface area contributed by atoms with E-state index in [1.54, 1.807) is 30.5 Å². The largest absolute Gasteiger partial charge is 0.389 e. The zero-order valence-electron chi connectivity index (χ0n) is 17.6. The number of nitrogens with zero attached hydrogens (tertiary/aromatic N) is 4. The topological polar surface area (TPSA) is 81.7 Å². The number of aromatic nitrogens is 4. The molecule has 0 radical (unpaired) electrons. The molecule has 166 valence electrons. The summed E-state index contributed by atoms with van der Waals surface area (Å²) in [5, 5.41) is 20.4. The number of aliphatic hydroxyl groups is 1. The fraction of sp³-hybridized carbons (Fsp3) is 0.261. The van der Waals surface area contributed by atoms with Crippen LogP contribution in [0.2, 0.25) is 10.0 Å². The van der Waals surface area contributed by atoms with Crippen molar-refractivity contribution in [3.8, 4) is 22.3 Å². The smallest absolute Gasteiger partial charge is 0.367 e. The standard InChI is InChI=1S/C23H22Cl2N4O3/c1-14(2)32-13-19(30)12-28-23(31)29-22(27-28)21(16-5-9-18(25)10-6-16)20(11-26-29)15-3-7-17(24)8-4-15/h3-11,14,19,30H,12-13H2,1-2H3. The van der Waals surface area contributed by atoms with Crippen molar-refractivity contribution < 1.29 is 9.84 Å². The van der Waals surface area contributed by atoms with Crippen LogP contribution in [0.5, 0.6) is 0 Å².